The fraction of sp³-hybridized carbons (Fsp3) is 0.318. The molecule has 1 aromatic heterocycles. The van der Waals surface area contributed by atoms with Crippen molar-refractivity contribution in [3.8, 4) is 0 Å². The maximum atomic E-state index is 13.0. The Morgan fingerprint density at radius 1 is 0.969 bits per heavy atom. The normalized spacial score (nSPS) is 15.1. The van der Waals surface area contributed by atoms with E-state index in [1.165, 1.54) is 12.1 Å². The number of hydrogen-bond donors (Lipinski definition) is 2. The van der Waals surface area contributed by atoms with Gasteiger partial charge in [0.25, 0.3) is 0 Å². The number of nitrogens with one attached hydrogen (secondary N) is 1. The van der Waals surface area contributed by atoms with Gasteiger partial charge in [0.1, 0.15) is 5.82 Å². The fourth-order valence-corrected chi connectivity index (χ4v) is 3.64. The maximum Gasteiger partial charge on any atom is 0.416 e. The molecule has 1 fully saturated rings. The molecular weight excluding hydrogens is 419 g/mol. The van der Waals surface area contributed by atoms with Crippen molar-refractivity contribution < 1.29 is 13.2 Å². The quantitative estimate of drug-likeness (QED) is 0.620. The summed E-state index contributed by atoms with van der Waals surface area (Å²) < 4.78 is 39.0. The summed E-state index contributed by atoms with van der Waals surface area (Å²) in [6.45, 7) is 5.01. The van der Waals surface area contributed by atoms with Gasteiger partial charge in [-0.1, -0.05) is 24.3 Å². The molecular formula is C22H24F3N7. The van der Waals surface area contributed by atoms with Crippen molar-refractivity contribution in [2.45, 2.75) is 19.6 Å². The number of para-hydroxylation sites is 1. The van der Waals surface area contributed by atoms with E-state index in [-0.39, 0.29) is 5.95 Å². The highest BCUT2D eigenvalue weighted by molar-refractivity contribution is 5.58. The van der Waals surface area contributed by atoms with Crippen LogP contribution < -0.4 is 16.0 Å². The van der Waals surface area contributed by atoms with Gasteiger partial charge in [-0.2, -0.15) is 28.1 Å². The second kappa shape index (κ2) is 8.99. The summed E-state index contributed by atoms with van der Waals surface area (Å²) in [5.74, 6) is 1.05. The third kappa shape index (κ3) is 5.25. The number of nitrogen functional groups attached to an aromatic ring is 1. The van der Waals surface area contributed by atoms with E-state index in [1.807, 2.05) is 36.1 Å². The van der Waals surface area contributed by atoms with Crippen molar-refractivity contribution in [2.24, 2.45) is 0 Å². The Bertz CT molecular complexity index is 1080. The average Bonchev–Trinajstić information content (AvgIpc) is 2.75. The van der Waals surface area contributed by atoms with Crippen molar-refractivity contribution in [1.29, 1.82) is 0 Å². The lowest BCUT2D eigenvalue weighted by molar-refractivity contribution is -0.137. The minimum Gasteiger partial charge on any atom is -0.369 e. The van der Waals surface area contributed by atoms with Crippen LogP contribution in [-0.4, -0.2) is 46.0 Å². The Morgan fingerprint density at radius 3 is 2.44 bits per heavy atom. The molecule has 0 saturated carbocycles. The standard InChI is InChI=1S/C22H24F3N7/c1-15-5-2-3-8-18(15)27-21-29-19(28-20(26)30-21)14-31-9-11-32(12-10-31)17-7-4-6-16(13-17)22(23,24)25/h2-8,13H,9-12,14H2,1H3,(H3,26,27,28,29,30). The molecule has 4 rings (SSSR count). The third-order valence-corrected chi connectivity index (χ3v) is 5.37. The molecule has 0 amide bonds. The van der Waals surface area contributed by atoms with Crippen LogP contribution in [0.2, 0.25) is 0 Å². The van der Waals surface area contributed by atoms with Crippen LogP contribution in [0.5, 0.6) is 0 Å². The fourth-order valence-electron chi connectivity index (χ4n) is 3.64. The number of rotatable bonds is 5. The predicted octanol–water partition coefficient (Wildman–Crippen LogP) is 3.85. The Labute approximate surface area is 184 Å². The van der Waals surface area contributed by atoms with Crippen molar-refractivity contribution in [3.63, 3.8) is 0 Å². The lowest BCUT2D eigenvalue weighted by atomic mass is 10.1. The van der Waals surface area contributed by atoms with Gasteiger partial charge in [-0.15, -0.1) is 0 Å². The molecule has 168 valence electrons. The molecule has 2 aromatic carbocycles. The van der Waals surface area contributed by atoms with Gasteiger partial charge in [0, 0.05) is 37.6 Å². The Kier molecular flexibility index (Phi) is 6.13. The van der Waals surface area contributed by atoms with Crippen molar-refractivity contribution in [3.05, 3.63) is 65.5 Å². The number of benzene rings is 2. The first-order valence-electron chi connectivity index (χ1n) is 10.3. The van der Waals surface area contributed by atoms with Gasteiger partial charge in [0.05, 0.1) is 12.1 Å². The zero-order valence-corrected chi connectivity index (χ0v) is 17.6. The molecule has 3 aromatic rings. The van der Waals surface area contributed by atoms with Gasteiger partial charge in [-0.3, -0.25) is 4.90 Å². The number of anilines is 4. The van der Waals surface area contributed by atoms with E-state index in [0.717, 1.165) is 17.3 Å². The number of halogens is 3. The zero-order chi connectivity index (χ0) is 22.7. The van der Waals surface area contributed by atoms with Gasteiger partial charge >= 0.3 is 6.18 Å². The number of aryl methyl sites for hydroxylation is 1. The highest BCUT2D eigenvalue weighted by atomic mass is 19.4. The molecule has 1 aliphatic rings. The first kappa shape index (κ1) is 21.8. The molecule has 2 heterocycles. The first-order chi connectivity index (χ1) is 15.3. The van der Waals surface area contributed by atoms with Crippen LogP contribution in [0.15, 0.2) is 48.5 Å². The molecule has 0 radical (unpaired) electrons. The Hall–Kier alpha value is -3.40. The van der Waals surface area contributed by atoms with E-state index >= 15 is 0 Å². The average molecular weight is 443 g/mol. The number of alkyl halides is 3. The molecule has 32 heavy (non-hydrogen) atoms. The number of nitrogens with two attached hydrogens (primary N) is 1. The van der Waals surface area contributed by atoms with Gasteiger partial charge in [-0.05, 0) is 36.8 Å². The van der Waals surface area contributed by atoms with Crippen molar-refractivity contribution in [1.82, 2.24) is 19.9 Å². The molecule has 1 saturated heterocycles. The lowest BCUT2D eigenvalue weighted by Crippen LogP contribution is -2.46. The SMILES string of the molecule is Cc1ccccc1Nc1nc(N)nc(CN2CCN(c3cccc(C(F)(F)F)c3)CC2)n1. The Morgan fingerprint density at radius 2 is 1.72 bits per heavy atom. The molecule has 0 spiro atoms. The zero-order valence-electron chi connectivity index (χ0n) is 17.6. The van der Waals surface area contributed by atoms with E-state index in [1.54, 1.807) is 6.07 Å². The van der Waals surface area contributed by atoms with Crippen LogP contribution in [0.25, 0.3) is 0 Å². The molecule has 0 aliphatic carbocycles. The molecule has 0 bridgehead atoms. The lowest BCUT2D eigenvalue weighted by Gasteiger charge is -2.36. The number of hydrogen-bond acceptors (Lipinski definition) is 7. The summed E-state index contributed by atoms with van der Waals surface area (Å²) in [6.07, 6.45) is -4.35. The van der Waals surface area contributed by atoms with Crippen LogP contribution >= 0.6 is 0 Å². The van der Waals surface area contributed by atoms with E-state index in [0.29, 0.717) is 50.2 Å². The summed E-state index contributed by atoms with van der Waals surface area (Å²) >= 11 is 0. The monoisotopic (exact) mass is 443 g/mol. The van der Waals surface area contributed by atoms with Gasteiger partial charge in [0.2, 0.25) is 11.9 Å². The van der Waals surface area contributed by atoms with Crippen LogP contribution in [-0.2, 0) is 12.7 Å². The molecule has 0 unspecified atom stereocenters. The largest absolute Gasteiger partial charge is 0.416 e. The summed E-state index contributed by atoms with van der Waals surface area (Å²) in [6, 6.07) is 13.2. The highest BCUT2D eigenvalue weighted by Crippen LogP contribution is 2.32. The van der Waals surface area contributed by atoms with Gasteiger partial charge in [-0.25, -0.2) is 0 Å². The van der Waals surface area contributed by atoms with Crippen molar-refractivity contribution in [2.75, 3.05) is 42.1 Å². The summed E-state index contributed by atoms with van der Waals surface area (Å²) in [5.41, 5.74) is 7.77. The smallest absolute Gasteiger partial charge is 0.369 e. The molecule has 10 heteroatoms. The second-order valence-electron chi connectivity index (χ2n) is 7.68. The highest BCUT2D eigenvalue weighted by Gasteiger charge is 2.31. The van der Waals surface area contributed by atoms with Crippen LogP contribution in [0.4, 0.5) is 36.4 Å². The van der Waals surface area contributed by atoms with E-state index < -0.39 is 11.7 Å². The van der Waals surface area contributed by atoms with Crippen LogP contribution in [0.1, 0.15) is 17.0 Å². The topological polar surface area (TPSA) is 83.2 Å². The van der Waals surface area contributed by atoms with Crippen LogP contribution in [0.3, 0.4) is 0 Å². The van der Waals surface area contributed by atoms with Crippen molar-refractivity contribution >= 4 is 23.3 Å². The number of piperazine rings is 1. The minimum atomic E-state index is -4.35. The third-order valence-electron chi connectivity index (χ3n) is 5.37. The first-order valence-corrected chi connectivity index (χ1v) is 10.3. The number of aromatic nitrogens is 3. The molecule has 1 aliphatic heterocycles. The van der Waals surface area contributed by atoms with E-state index in [9.17, 15) is 13.2 Å². The van der Waals surface area contributed by atoms with Gasteiger partial charge < -0.3 is 16.0 Å². The molecule has 0 atom stereocenters. The summed E-state index contributed by atoms with van der Waals surface area (Å²) in [5, 5.41) is 3.18. The summed E-state index contributed by atoms with van der Waals surface area (Å²) in [7, 11) is 0. The Balaban J connectivity index is 1.39. The molecule has 7 nitrogen and oxygen atoms in total. The number of nitrogens with zero attached hydrogens (tertiary/aromatic N) is 5. The van der Waals surface area contributed by atoms with E-state index in [4.69, 9.17) is 5.73 Å². The summed E-state index contributed by atoms with van der Waals surface area (Å²) in [4.78, 5) is 17.0. The van der Waals surface area contributed by atoms with E-state index in [2.05, 4.69) is 25.2 Å². The van der Waals surface area contributed by atoms with Gasteiger partial charge in [0.15, 0.2) is 0 Å². The predicted molar refractivity (Wildman–Crippen MR) is 118 cm³/mol. The molecule has 3 N–H and O–H groups in total. The maximum absolute atomic E-state index is 13.0. The van der Waals surface area contributed by atoms with Crippen LogP contribution in [0, 0.1) is 6.92 Å². The second-order valence-corrected chi connectivity index (χ2v) is 7.68. The minimum absolute atomic E-state index is 0.133.